The van der Waals surface area contributed by atoms with Gasteiger partial charge in [0.15, 0.2) is 11.5 Å². The summed E-state index contributed by atoms with van der Waals surface area (Å²) in [5.41, 5.74) is 2.93. The molecule has 0 atom stereocenters. The van der Waals surface area contributed by atoms with Crippen molar-refractivity contribution in [3.8, 4) is 17.2 Å². The fourth-order valence-corrected chi connectivity index (χ4v) is 3.49. The molecule has 174 valence electrons. The highest BCUT2D eigenvalue weighted by Crippen LogP contribution is 2.26. The Morgan fingerprint density at radius 3 is 2.44 bits per heavy atom. The van der Waals surface area contributed by atoms with Crippen LogP contribution in [0.5, 0.6) is 17.2 Å². The number of aromatic nitrogens is 1. The van der Waals surface area contributed by atoms with E-state index in [1.54, 1.807) is 12.1 Å². The first kappa shape index (κ1) is 24.0. The second kappa shape index (κ2) is 9.84. The van der Waals surface area contributed by atoms with Crippen molar-refractivity contribution in [1.82, 2.24) is 10.3 Å². The second-order valence-electron chi connectivity index (χ2n) is 9.92. The van der Waals surface area contributed by atoms with Crippen LogP contribution in [0.4, 0.5) is 0 Å². The first-order valence-corrected chi connectivity index (χ1v) is 11.2. The minimum atomic E-state index is -0.467. The topological polar surface area (TPSA) is 86.7 Å². The Bertz CT molecular complexity index is 1030. The van der Waals surface area contributed by atoms with Crippen LogP contribution in [0.1, 0.15) is 45.7 Å². The maximum absolute atomic E-state index is 9.62. The second-order valence-corrected chi connectivity index (χ2v) is 9.92. The van der Waals surface area contributed by atoms with E-state index in [-0.39, 0.29) is 17.0 Å². The Morgan fingerprint density at radius 2 is 1.72 bits per heavy atom. The van der Waals surface area contributed by atoms with E-state index < -0.39 is 5.60 Å². The minimum absolute atomic E-state index is 0.106. The SMILES string of the molecule is CC(C)(C)NCCc1c[nH]c2ccc(OCC(C)(C)OCCc3ccc(O)c(O)c3)cc12. The summed E-state index contributed by atoms with van der Waals surface area (Å²) in [5.74, 6) is 0.595. The van der Waals surface area contributed by atoms with E-state index in [9.17, 15) is 10.2 Å². The smallest absolute Gasteiger partial charge is 0.157 e. The molecule has 3 aromatic rings. The fraction of sp³-hybridized carbons (Fsp3) is 0.462. The van der Waals surface area contributed by atoms with Crippen LogP contribution >= 0.6 is 0 Å². The van der Waals surface area contributed by atoms with Crippen molar-refractivity contribution >= 4 is 10.9 Å². The molecular weight excluding hydrogens is 404 g/mol. The van der Waals surface area contributed by atoms with Gasteiger partial charge in [-0.2, -0.15) is 0 Å². The number of benzene rings is 2. The van der Waals surface area contributed by atoms with Crippen LogP contribution in [0.25, 0.3) is 10.9 Å². The molecule has 0 saturated carbocycles. The molecular formula is C26H36N2O4. The molecule has 0 aliphatic carbocycles. The molecule has 0 fully saturated rings. The molecule has 3 rings (SSSR count). The summed E-state index contributed by atoms with van der Waals surface area (Å²) in [6, 6.07) is 10.9. The lowest BCUT2D eigenvalue weighted by molar-refractivity contribution is -0.0454. The number of rotatable bonds is 10. The average Bonchev–Trinajstić information content (AvgIpc) is 3.10. The van der Waals surface area contributed by atoms with Gasteiger partial charge >= 0.3 is 0 Å². The molecule has 32 heavy (non-hydrogen) atoms. The highest BCUT2D eigenvalue weighted by Gasteiger charge is 2.20. The number of H-pyrrole nitrogens is 1. The van der Waals surface area contributed by atoms with Crippen molar-refractivity contribution in [2.75, 3.05) is 19.8 Å². The van der Waals surface area contributed by atoms with Crippen LogP contribution in [-0.2, 0) is 17.6 Å². The van der Waals surface area contributed by atoms with Crippen LogP contribution in [0.15, 0.2) is 42.6 Å². The van der Waals surface area contributed by atoms with Crippen molar-refractivity contribution in [2.24, 2.45) is 0 Å². The molecule has 1 aromatic heterocycles. The van der Waals surface area contributed by atoms with Gasteiger partial charge in [0.05, 0.1) is 12.2 Å². The zero-order chi connectivity index (χ0) is 23.4. The Hall–Kier alpha value is -2.70. The summed E-state index contributed by atoms with van der Waals surface area (Å²) in [7, 11) is 0. The predicted octanol–water partition coefficient (Wildman–Crippen LogP) is 4.93. The van der Waals surface area contributed by atoms with Gasteiger partial charge in [0.25, 0.3) is 0 Å². The van der Waals surface area contributed by atoms with E-state index >= 15 is 0 Å². The predicted molar refractivity (Wildman–Crippen MR) is 129 cm³/mol. The molecule has 0 saturated heterocycles. The Kier molecular flexibility index (Phi) is 7.36. The number of ether oxygens (including phenoxy) is 2. The van der Waals surface area contributed by atoms with E-state index in [2.05, 4.69) is 49.4 Å². The first-order chi connectivity index (χ1) is 15.0. The van der Waals surface area contributed by atoms with Crippen LogP contribution in [0.3, 0.4) is 0 Å². The quantitative estimate of drug-likeness (QED) is 0.336. The number of fused-ring (bicyclic) bond motifs is 1. The van der Waals surface area contributed by atoms with Crippen molar-refractivity contribution in [3.05, 3.63) is 53.7 Å². The van der Waals surface area contributed by atoms with Gasteiger partial charge < -0.3 is 30.0 Å². The van der Waals surface area contributed by atoms with Gasteiger partial charge in [-0.25, -0.2) is 0 Å². The Balaban J connectivity index is 1.53. The molecule has 0 radical (unpaired) electrons. The molecule has 0 aliphatic heterocycles. The van der Waals surface area contributed by atoms with Crippen LogP contribution in [0.2, 0.25) is 0 Å². The zero-order valence-electron chi connectivity index (χ0n) is 19.8. The van der Waals surface area contributed by atoms with Crippen LogP contribution < -0.4 is 10.1 Å². The van der Waals surface area contributed by atoms with Gasteiger partial charge in [0, 0.05) is 22.6 Å². The van der Waals surface area contributed by atoms with E-state index in [0.29, 0.717) is 19.6 Å². The van der Waals surface area contributed by atoms with Crippen molar-refractivity contribution in [3.63, 3.8) is 0 Å². The third kappa shape index (κ3) is 6.90. The number of hydrogen-bond acceptors (Lipinski definition) is 5. The van der Waals surface area contributed by atoms with E-state index in [1.807, 2.05) is 19.9 Å². The van der Waals surface area contributed by atoms with Crippen LogP contribution in [0, 0.1) is 0 Å². The number of hydrogen-bond donors (Lipinski definition) is 4. The fourth-order valence-electron chi connectivity index (χ4n) is 3.49. The molecule has 6 nitrogen and oxygen atoms in total. The molecule has 0 aliphatic rings. The molecule has 4 N–H and O–H groups in total. The number of aromatic hydroxyl groups is 2. The van der Waals surface area contributed by atoms with Gasteiger partial charge in [-0.1, -0.05) is 6.07 Å². The largest absolute Gasteiger partial charge is 0.504 e. The molecule has 1 heterocycles. The van der Waals surface area contributed by atoms with Gasteiger partial charge in [-0.05, 0) is 95.5 Å². The molecule has 0 amide bonds. The number of aromatic amines is 1. The lowest BCUT2D eigenvalue weighted by Crippen LogP contribution is -2.37. The highest BCUT2D eigenvalue weighted by molar-refractivity contribution is 5.84. The van der Waals surface area contributed by atoms with Gasteiger partial charge in [0.2, 0.25) is 0 Å². The first-order valence-electron chi connectivity index (χ1n) is 11.2. The molecule has 0 unspecified atom stereocenters. The zero-order valence-corrected chi connectivity index (χ0v) is 19.8. The molecule has 0 spiro atoms. The molecule has 2 aromatic carbocycles. The maximum Gasteiger partial charge on any atom is 0.157 e. The Labute approximate surface area is 190 Å². The summed E-state index contributed by atoms with van der Waals surface area (Å²) in [4.78, 5) is 3.34. The van der Waals surface area contributed by atoms with Crippen molar-refractivity contribution < 1.29 is 19.7 Å². The summed E-state index contributed by atoms with van der Waals surface area (Å²) in [6.07, 6.45) is 3.66. The number of nitrogens with one attached hydrogen (secondary N) is 2. The highest BCUT2D eigenvalue weighted by atomic mass is 16.5. The van der Waals surface area contributed by atoms with E-state index in [4.69, 9.17) is 9.47 Å². The maximum atomic E-state index is 9.62. The van der Waals surface area contributed by atoms with Crippen molar-refractivity contribution in [1.29, 1.82) is 0 Å². The third-order valence-corrected chi connectivity index (χ3v) is 5.30. The summed E-state index contributed by atoms with van der Waals surface area (Å²) >= 11 is 0. The Morgan fingerprint density at radius 1 is 0.938 bits per heavy atom. The van der Waals surface area contributed by atoms with Crippen molar-refractivity contribution in [2.45, 2.75) is 58.6 Å². The summed E-state index contributed by atoms with van der Waals surface area (Å²) in [6.45, 7) is 12.3. The summed E-state index contributed by atoms with van der Waals surface area (Å²) in [5, 5.41) is 23.8. The lowest BCUT2D eigenvalue weighted by atomic mass is 10.1. The average molecular weight is 441 g/mol. The standard InChI is InChI=1S/C26H36N2O4/c1-25(2,3)28-12-10-19-16-27-22-8-7-20(15-21(19)22)31-17-26(4,5)32-13-11-18-6-9-23(29)24(30)14-18/h6-9,14-16,27-30H,10-13,17H2,1-5H3. The summed E-state index contributed by atoms with van der Waals surface area (Å²) < 4.78 is 12.1. The number of phenols is 2. The lowest BCUT2D eigenvalue weighted by Gasteiger charge is -2.25. The number of phenolic OH excluding ortho intramolecular Hbond substituents is 2. The van der Waals surface area contributed by atoms with E-state index in [0.717, 1.165) is 29.8 Å². The van der Waals surface area contributed by atoms with Gasteiger partial charge in [-0.3, -0.25) is 0 Å². The van der Waals surface area contributed by atoms with Gasteiger partial charge in [-0.15, -0.1) is 0 Å². The normalized spacial score (nSPS) is 12.4. The third-order valence-electron chi connectivity index (χ3n) is 5.30. The minimum Gasteiger partial charge on any atom is -0.504 e. The van der Waals surface area contributed by atoms with E-state index in [1.165, 1.54) is 17.0 Å². The molecule has 0 bridgehead atoms. The monoisotopic (exact) mass is 440 g/mol. The van der Waals surface area contributed by atoms with Gasteiger partial charge in [0.1, 0.15) is 12.4 Å². The molecule has 6 heteroatoms. The van der Waals surface area contributed by atoms with Crippen LogP contribution in [-0.4, -0.2) is 46.1 Å².